The maximum atomic E-state index is 10.3. The van der Waals surface area contributed by atoms with Gasteiger partial charge in [0.2, 0.25) is 40.4 Å². The topological polar surface area (TPSA) is 555 Å². The van der Waals surface area contributed by atoms with Crippen molar-refractivity contribution in [1.82, 2.24) is 0 Å². The van der Waals surface area contributed by atoms with Crippen LogP contribution in [0.25, 0.3) is 0 Å². The predicted molar refractivity (Wildman–Crippen MR) is 95.8 cm³/mol. The van der Waals surface area contributed by atoms with Gasteiger partial charge in [0.05, 0.1) is 0 Å². The average Bonchev–Trinajstić information content (AvgIpc) is 2.10. The van der Waals surface area contributed by atoms with Gasteiger partial charge < -0.3 is 113 Å². The van der Waals surface area contributed by atoms with Gasteiger partial charge in [-0.25, -0.2) is 0 Å². The van der Waals surface area contributed by atoms with Crippen LogP contribution in [0.4, 0.5) is 0 Å². The fourth-order valence-corrected chi connectivity index (χ4v) is 2.87. The van der Waals surface area contributed by atoms with Crippen LogP contribution in [0.1, 0.15) is 13.8 Å². The number of quaternary nitrogens is 2. The van der Waals surface area contributed by atoms with E-state index in [0.717, 1.165) is 0 Å². The molecular weight excluding hydrogens is 585 g/mol. The van der Waals surface area contributed by atoms with Crippen LogP contribution in [-0.2, 0) is 59.6 Å². The molecule has 200 valence electrons. The molecule has 0 radical (unpaired) electrons. The Morgan fingerprint density at radius 2 is 0.613 bits per heavy atom. The van der Waals surface area contributed by atoms with Gasteiger partial charge in [-0.2, -0.15) is 0 Å². The summed E-state index contributed by atoms with van der Waals surface area (Å²) in [5.41, 5.74) is 5.32. The van der Waals surface area contributed by atoms with E-state index in [1.54, 1.807) is 0 Å². The Morgan fingerprint density at radius 1 is 0.548 bits per heavy atom. The normalized spacial score (nSPS) is 20.0. The van der Waals surface area contributed by atoms with Crippen molar-refractivity contribution < 1.29 is 132 Å². The first kappa shape index (κ1) is 69.7. The molecule has 4 atom stereocenters. The van der Waals surface area contributed by atoms with Gasteiger partial charge in [0.1, 0.15) is 0 Å². The Labute approximate surface area is 186 Å². The van der Waals surface area contributed by atoms with Gasteiger partial charge in [-0.05, 0) is 0 Å². The molecule has 0 saturated carbocycles. The van der Waals surface area contributed by atoms with Crippen molar-refractivity contribution in [3.8, 4) is 0 Å². The van der Waals surface area contributed by atoms with E-state index >= 15 is 0 Å². The van der Waals surface area contributed by atoms with Crippen molar-refractivity contribution in [3.63, 3.8) is 0 Å². The van der Waals surface area contributed by atoms with Crippen molar-refractivity contribution in [2.75, 3.05) is 0 Å². The molecule has 0 aromatic heterocycles. The van der Waals surface area contributed by atoms with Crippen LogP contribution >= 0.6 is 30.4 Å². The van der Waals surface area contributed by atoms with Crippen molar-refractivity contribution in [1.29, 1.82) is 0 Å². The molecule has 0 fully saturated rings. The van der Waals surface area contributed by atoms with E-state index in [9.17, 15) is 37.8 Å². The summed E-state index contributed by atoms with van der Waals surface area (Å²) in [5.74, 6) is 0. The van der Waals surface area contributed by atoms with E-state index in [4.69, 9.17) is 19.6 Å². The molecular formula is C4H36N2O20P4Zn+4. The second-order valence-corrected chi connectivity index (χ2v) is 13.3. The summed E-state index contributed by atoms with van der Waals surface area (Å²) in [7, 11) is -20.7. The molecule has 0 aromatic carbocycles. The third-order valence-electron chi connectivity index (χ3n) is 2.44. The zero-order chi connectivity index (χ0) is 19.0. The summed E-state index contributed by atoms with van der Waals surface area (Å²) >= 11 is 0. The Bertz CT molecular complexity index is 486. The van der Waals surface area contributed by atoms with Crippen LogP contribution in [0.3, 0.4) is 0 Å². The largest absolute Gasteiger partial charge is 2.00 e. The van der Waals surface area contributed by atoms with E-state index in [-0.39, 0.29) is 63.3 Å². The first-order valence-electron chi connectivity index (χ1n) is 4.86. The molecule has 0 aromatic rings. The molecule has 0 saturated heterocycles. The molecule has 30 N–H and O–H groups in total. The van der Waals surface area contributed by atoms with Gasteiger partial charge in [-0.3, -0.25) is 0 Å². The van der Waals surface area contributed by atoms with Gasteiger partial charge in [-0.15, -0.1) is 0 Å². The fourth-order valence-electron chi connectivity index (χ4n) is 0.319. The summed E-state index contributed by atoms with van der Waals surface area (Å²) in [5, 5.41) is -5.53. The molecule has 0 aliphatic rings. The van der Waals surface area contributed by atoms with E-state index < -0.39 is 40.4 Å². The molecule has 0 amide bonds. The van der Waals surface area contributed by atoms with Crippen molar-refractivity contribution >= 4 is 30.4 Å². The number of hydrogen-bond acceptors (Lipinski definition) is 8. The fraction of sp³-hybridized carbons (Fsp3) is 1.00. The summed E-state index contributed by atoms with van der Waals surface area (Å²) in [6, 6.07) is 0. The van der Waals surface area contributed by atoms with Crippen LogP contribution in [-0.4, -0.2) is 51.5 Å². The number of hydrogen-bond donors (Lipinski definition) is 6. The minimum Gasteiger partial charge on any atom is -0.774 e. The van der Waals surface area contributed by atoms with E-state index in [1.165, 1.54) is 0 Å². The molecule has 27 heteroatoms. The minimum atomic E-state index is -5.18. The average molecular weight is 622 g/mol. The van der Waals surface area contributed by atoms with Gasteiger partial charge in [0.15, 0.2) is 0 Å². The van der Waals surface area contributed by atoms with Crippen LogP contribution in [0.5, 0.6) is 0 Å². The van der Waals surface area contributed by atoms with Crippen LogP contribution in [0, 0.1) is 0 Å². The molecule has 0 aliphatic carbocycles. The van der Waals surface area contributed by atoms with E-state index in [2.05, 4.69) is 11.5 Å². The molecule has 0 rings (SSSR count). The second-order valence-electron chi connectivity index (χ2n) is 4.52. The summed E-state index contributed by atoms with van der Waals surface area (Å²) in [6.07, 6.45) is 0. The van der Waals surface area contributed by atoms with Crippen molar-refractivity contribution in [3.05, 3.63) is 0 Å². The summed E-state index contributed by atoms with van der Waals surface area (Å²) in [4.78, 5) is 74.3. The Hall–Kier alpha value is 0.823. The molecule has 0 bridgehead atoms. The Balaban J connectivity index is -0.0000000222. The standard InChI is InChI=1S/2C2H9NO6P2.8H2O.Zn/c2*1-2(3,10(4,5)6)11(7,8)9;;;;;;;;;/h2*3H2,1H3,(H2,4,5,6)(H2,7,8,9);8*1H2;/q;;;;;;;;;;+2/p+2. The first-order chi connectivity index (χ1) is 9.00. The van der Waals surface area contributed by atoms with E-state index in [0.29, 0.717) is 13.8 Å². The zero-order valence-corrected chi connectivity index (χ0v) is 22.8. The van der Waals surface area contributed by atoms with Crippen LogP contribution in [0.15, 0.2) is 0 Å². The molecule has 0 heterocycles. The zero-order valence-electron chi connectivity index (χ0n) is 16.3. The Morgan fingerprint density at radius 3 is 0.613 bits per heavy atom. The summed E-state index contributed by atoms with van der Waals surface area (Å²) < 4.78 is 41.2. The van der Waals surface area contributed by atoms with E-state index in [1.807, 2.05) is 0 Å². The molecule has 31 heavy (non-hydrogen) atoms. The SMILES string of the molecule is CC([NH3+])(P(=O)([O-])O)P(=O)([O-])O.CC([NH3+])(P(=O)([O-])O)P(=O)([O-])O.O.O.O.O.[OH3+].[OH3+].[OH3+].[OH3+].[Zn+2]. The maximum Gasteiger partial charge on any atom is 2.00 e. The summed E-state index contributed by atoms with van der Waals surface area (Å²) in [6.45, 7) is 1.18. The second kappa shape index (κ2) is 20.2. The molecule has 0 spiro atoms. The van der Waals surface area contributed by atoms with Crippen molar-refractivity contribution in [2.24, 2.45) is 0 Å². The first-order valence-corrected chi connectivity index (χ1v) is 11.2. The molecule has 0 aliphatic heterocycles. The monoisotopic (exact) mass is 620 g/mol. The van der Waals surface area contributed by atoms with Gasteiger partial charge in [0.25, 0.3) is 0 Å². The van der Waals surface area contributed by atoms with Gasteiger partial charge >= 0.3 is 19.5 Å². The number of rotatable bonds is 4. The third kappa shape index (κ3) is 18.9. The molecule has 22 nitrogen and oxygen atoms in total. The predicted octanol–water partition coefficient (Wildman–Crippen LogP) is -13.0. The Kier molecular flexibility index (Phi) is 45.5. The van der Waals surface area contributed by atoms with Gasteiger partial charge in [0, 0.05) is 13.8 Å². The van der Waals surface area contributed by atoms with Gasteiger partial charge in [-0.1, -0.05) is 0 Å². The quantitative estimate of drug-likeness (QED) is 0.0967. The third-order valence-corrected chi connectivity index (χ3v) is 10.3. The van der Waals surface area contributed by atoms with Crippen LogP contribution < -0.4 is 31.0 Å². The van der Waals surface area contributed by atoms with Crippen LogP contribution in [0.2, 0.25) is 0 Å². The molecule has 4 unspecified atom stereocenters. The smallest absolute Gasteiger partial charge is 0.774 e. The van der Waals surface area contributed by atoms with Crippen molar-refractivity contribution in [2.45, 2.75) is 23.9 Å². The maximum absolute atomic E-state index is 10.3. The minimum absolute atomic E-state index is 0.